The van der Waals surface area contributed by atoms with Gasteiger partial charge in [0.25, 0.3) is 10.0 Å². The van der Waals surface area contributed by atoms with E-state index >= 15 is 0 Å². The Hall–Kier alpha value is -0.420. The lowest BCUT2D eigenvalue weighted by Crippen LogP contribution is -2.56. The second-order valence-corrected chi connectivity index (χ2v) is 9.06. The van der Waals surface area contributed by atoms with Crippen LogP contribution in [0.1, 0.15) is 41.5 Å². The van der Waals surface area contributed by atoms with E-state index in [-0.39, 0.29) is 11.5 Å². The molecule has 0 spiro atoms. The van der Waals surface area contributed by atoms with Crippen LogP contribution in [0.2, 0.25) is 0 Å². The van der Waals surface area contributed by atoms with E-state index in [2.05, 4.69) is 30.1 Å². The Morgan fingerprint density at radius 1 is 1.12 bits per heavy atom. The van der Waals surface area contributed by atoms with Crippen LogP contribution in [0, 0.1) is 5.92 Å². The Labute approximate surface area is 105 Å². The molecule has 0 aromatic heterocycles. The summed E-state index contributed by atoms with van der Waals surface area (Å²) in [4.78, 5) is 2.31. The average Bonchev–Trinajstić information content (AvgIpc) is 1.95. The van der Waals surface area contributed by atoms with Crippen molar-refractivity contribution in [3.8, 4) is 0 Å². The standard InChI is InChI=1S/C12H24N2O2S/c1-11(2,3)14-8-10(9-14)7-13-17(15,16)12(4,5)6/h7,10H,8-9H2,1-6H3. The number of nitrogens with zero attached hydrogens (tertiary/aromatic N) is 2. The van der Waals surface area contributed by atoms with Gasteiger partial charge in [-0.15, -0.1) is 0 Å². The molecule has 0 aliphatic carbocycles. The number of likely N-dealkylation sites (tertiary alicyclic amines) is 1. The van der Waals surface area contributed by atoms with E-state index < -0.39 is 14.8 Å². The predicted molar refractivity (Wildman–Crippen MR) is 72.0 cm³/mol. The quantitative estimate of drug-likeness (QED) is 0.713. The zero-order valence-electron chi connectivity index (χ0n) is 11.7. The third kappa shape index (κ3) is 3.52. The highest BCUT2D eigenvalue weighted by Crippen LogP contribution is 2.25. The molecule has 1 aliphatic rings. The molecule has 0 aromatic carbocycles. The van der Waals surface area contributed by atoms with Crippen molar-refractivity contribution in [2.75, 3.05) is 13.1 Å². The fourth-order valence-corrected chi connectivity index (χ4v) is 2.13. The topological polar surface area (TPSA) is 49.7 Å². The van der Waals surface area contributed by atoms with E-state index in [1.54, 1.807) is 27.0 Å². The van der Waals surface area contributed by atoms with Crippen molar-refractivity contribution in [1.29, 1.82) is 0 Å². The fourth-order valence-electron chi connectivity index (χ4n) is 1.48. The van der Waals surface area contributed by atoms with Crippen molar-refractivity contribution in [3.63, 3.8) is 0 Å². The second-order valence-electron chi connectivity index (χ2n) is 6.68. The molecule has 100 valence electrons. The van der Waals surface area contributed by atoms with Crippen molar-refractivity contribution < 1.29 is 8.42 Å². The lowest BCUT2D eigenvalue weighted by atomic mass is 9.93. The van der Waals surface area contributed by atoms with Gasteiger partial charge in [-0.1, -0.05) is 0 Å². The van der Waals surface area contributed by atoms with Gasteiger partial charge in [0.2, 0.25) is 0 Å². The molecule has 1 saturated heterocycles. The van der Waals surface area contributed by atoms with E-state index in [1.165, 1.54) is 0 Å². The van der Waals surface area contributed by atoms with E-state index in [9.17, 15) is 8.42 Å². The smallest absolute Gasteiger partial charge is 0.257 e. The van der Waals surface area contributed by atoms with Crippen molar-refractivity contribution >= 4 is 16.2 Å². The number of sulfonamides is 1. The van der Waals surface area contributed by atoms with E-state index in [0.29, 0.717) is 0 Å². The largest absolute Gasteiger partial charge is 0.297 e. The maximum absolute atomic E-state index is 11.8. The van der Waals surface area contributed by atoms with Crippen LogP contribution in [0.15, 0.2) is 4.40 Å². The molecule has 5 heteroatoms. The molecule has 1 fully saturated rings. The summed E-state index contributed by atoms with van der Waals surface area (Å²) in [6.07, 6.45) is 1.60. The molecule has 1 rings (SSSR count). The SMILES string of the molecule is CC(C)(C)N1CC(C=NS(=O)(=O)C(C)(C)C)C1. The summed E-state index contributed by atoms with van der Waals surface area (Å²) < 4.78 is 26.5. The lowest BCUT2D eigenvalue weighted by molar-refractivity contribution is 0.0440. The molecule has 0 bridgehead atoms. The Bertz CT molecular complexity index is 393. The lowest BCUT2D eigenvalue weighted by Gasteiger charge is -2.46. The highest BCUT2D eigenvalue weighted by atomic mass is 32.2. The van der Waals surface area contributed by atoms with E-state index in [4.69, 9.17) is 0 Å². The van der Waals surface area contributed by atoms with Crippen LogP contribution in [-0.4, -0.2) is 42.9 Å². The zero-order chi connectivity index (χ0) is 13.5. The van der Waals surface area contributed by atoms with Crippen LogP contribution in [0.25, 0.3) is 0 Å². The molecular weight excluding hydrogens is 236 g/mol. The summed E-state index contributed by atoms with van der Waals surface area (Å²) in [6, 6.07) is 0. The minimum atomic E-state index is -3.37. The molecule has 17 heavy (non-hydrogen) atoms. The molecule has 0 saturated carbocycles. The maximum atomic E-state index is 11.8. The van der Waals surface area contributed by atoms with Gasteiger partial charge >= 0.3 is 0 Å². The van der Waals surface area contributed by atoms with Gasteiger partial charge < -0.3 is 0 Å². The summed E-state index contributed by atoms with van der Waals surface area (Å²) in [6.45, 7) is 13.3. The molecule has 0 radical (unpaired) electrons. The summed E-state index contributed by atoms with van der Waals surface area (Å²) in [7, 11) is -3.37. The molecule has 0 unspecified atom stereocenters. The number of rotatable bonds is 2. The van der Waals surface area contributed by atoms with Gasteiger partial charge in [0.05, 0.1) is 4.75 Å². The van der Waals surface area contributed by atoms with Gasteiger partial charge in [-0.05, 0) is 41.5 Å². The van der Waals surface area contributed by atoms with Gasteiger partial charge in [-0.25, -0.2) is 8.42 Å². The fraction of sp³-hybridized carbons (Fsp3) is 0.917. The molecule has 0 aromatic rings. The number of hydrogen-bond donors (Lipinski definition) is 0. The zero-order valence-corrected chi connectivity index (χ0v) is 12.5. The molecule has 0 atom stereocenters. The third-order valence-electron chi connectivity index (χ3n) is 3.04. The minimum Gasteiger partial charge on any atom is -0.297 e. The van der Waals surface area contributed by atoms with Gasteiger partial charge in [-0.2, -0.15) is 4.40 Å². The van der Waals surface area contributed by atoms with Crippen LogP contribution in [0.3, 0.4) is 0 Å². The molecule has 1 heterocycles. The molecule has 0 amide bonds. The molecular formula is C12H24N2O2S. The summed E-state index contributed by atoms with van der Waals surface area (Å²) in [5.74, 6) is 0.270. The van der Waals surface area contributed by atoms with Crippen molar-refractivity contribution in [1.82, 2.24) is 4.90 Å². The first kappa shape index (κ1) is 14.6. The van der Waals surface area contributed by atoms with Gasteiger partial charge in [0.15, 0.2) is 0 Å². The Balaban J connectivity index is 2.55. The van der Waals surface area contributed by atoms with E-state index in [0.717, 1.165) is 13.1 Å². The normalized spacial score (nSPS) is 20.8. The van der Waals surface area contributed by atoms with Crippen molar-refractivity contribution in [3.05, 3.63) is 0 Å². The van der Waals surface area contributed by atoms with Crippen LogP contribution in [-0.2, 0) is 10.0 Å². The highest BCUT2D eigenvalue weighted by Gasteiger charge is 2.34. The summed E-state index contributed by atoms with van der Waals surface area (Å²) in [5.41, 5.74) is 0.160. The average molecular weight is 260 g/mol. The Kier molecular flexibility index (Phi) is 3.75. The third-order valence-corrected chi connectivity index (χ3v) is 4.99. The van der Waals surface area contributed by atoms with Crippen LogP contribution in [0.5, 0.6) is 0 Å². The van der Waals surface area contributed by atoms with Gasteiger partial charge in [0.1, 0.15) is 0 Å². The summed E-state index contributed by atoms with van der Waals surface area (Å²) in [5, 5.41) is 0. The molecule has 0 N–H and O–H groups in total. The van der Waals surface area contributed by atoms with Gasteiger partial charge in [-0.3, -0.25) is 4.90 Å². The summed E-state index contributed by atoms with van der Waals surface area (Å²) >= 11 is 0. The van der Waals surface area contributed by atoms with Crippen LogP contribution in [0.4, 0.5) is 0 Å². The van der Waals surface area contributed by atoms with Crippen molar-refractivity contribution in [2.45, 2.75) is 51.8 Å². The van der Waals surface area contributed by atoms with Crippen LogP contribution < -0.4 is 0 Å². The highest BCUT2D eigenvalue weighted by molar-refractivity contribution is 7.91. The minimum absolute atomic E-state index is 0.160. The Morgan fingerprint density at radius 2 is 1.59 bits per heavy atom. The first-order valence-corrected chi connectivity index (χ1v) is 7.42. The Morgan fingerprint density at radius 3 is 1.94 bits per heavy atom. The van der Waals surface area contributed by atoms with E-state index in [1.807, 2.05) is 0 Å². The van der Waals surface area contributed by atoms with Crippen molar-refractivity contribution in [2.24, 2.45) is 10.3 Å². The second kappa shape index (κ2) is 4.35. The first-order chi connectivity index (χ1) is 7.43. The molecule has 4 nitrogen and oxygen atoms in total. The number of hydrogen-bond acceptors (Lipinski definition) is 3. The molecule has 1 aliphatic heterocycles. The first-order valence-electron chi connectivity index (χ1n) is 5.98. The van der Waals surface area contributed by atoms with Gasteiger partial charge in [0, 0.05) is 30.8 Å². The van der Waals surface area contributed by atoms with Crippen LogP contribution >= 0.6 is 0 Å². The predicted octanol–water partition coefficient (Wildman–Crippen LogP) is 1.92. The monoisotopic (exact) mass is 260 g/mol. The maximum Gasteiger partial charge on any atom is 0.257 e.